The van der Waals surface area contributed by atoms with Crippen molar-refractivity contribution in [2.24, 2.45) is 0 Å². The molecule has 6 heteroatoms. The first-order chi connectivity index (χ1) is 9.10. The molecule has 0 radical (unpaired) electrons. The minimum Gasteiger partial charge on any atom is -0.392 e. The normalized spacial score (nSPS) is 29.8. The van der Waals surface area contributed by atoms with Crippen molar-refractivity contribution in [2.75, 3.05) is 0 Å². The fourth-order valence-corrected chi connectivity index (χ4v) is 4.43. The van der Waals surface area contributed by atoms with Gasteiger partial charge in [-0.1, -0.05) is 18.2 Å². The molecule has 2 N–H and O–H groups in total. The average Bonchev–Trinajstić information content (AvgIpc) is 3.00. The van der Waals surface area contributed by atoms with E-state index < -0.39 is 10.0 Å². The summed E-state index contributed by atoms with van der Waals surface area (Å²) < 4.78 is 33.1. The van der Waals surface area contributed by atoms with E-state index in [-0.39, 0.29) is 29.8 Å². The van der Waals surface area contributed by atoms with Gasteiger partial charge in [0.2, 0.25) is 10.0 Å². The molecule has 104 valence electrons. The third-order valence-corrected chi connectivity index (χ3v) is 5.44. The van der Waals surface area contributed by atoms with E-state index in [1.54, 1.807) is 18.2 Å². The van der Waals surface area contributed by atoms with E-state index in [1.165, 1.54) is 6.07 Å². The van der Waals surface area contributed by atoms with E-state index >= 15 is 0 Å². The second-order valence-electron chi connectivity index (χ2n) is 5.10. The van der Waals surface area contributed by atoms with Crippen molar-refractivity contribution in [2.45, 2.75) is 49.0 Å². The standard InChI is InChI=1S/C13H17NO4S/c15-8-9-3-1-2-4-13(9)19(16,17)14-11-7-10-5-6-12(11)18-10/h1-4,10-12,14-15H,5-8H2. The summed E-state index contributed by atoms with van der Waals surface area (Å²) in [6.07, 6.45) is 2.88. The summed E-state index contributed by atoms with van der Waals surface area (Å²) in [4.78, 5) is 0.153. The summed E-state index contributed by atoms with van der Waals surface area (Å²) in [7, 11) is -3.60. The summed E-state index contributed by atoms with van der Waals surface area (Å²) in [5.41, 5.74) is 0.416. The molecule has 0 spiro atoms. The molecule has 3 unspecified atom stereocenters. The van der Waals surface area contributed by atoms with Gasteiger partial charge in [-0.3, -0.25) is 0 Å². The Kier molecular flexibility index (Phi) is 3.34. The number of hydrogen-bond donors (Lipinski definition) is 2. The van der Waals surface area contributed by atoms with Crippen LogP contribution in [-0.2, 0) is 21.4 Å². The molecule has 0 saturated carbocycles. The molecule has 3 atom stereocenters. The number of ether oxygens (including phenoxy) is 1. The number of sulfonamides is 1. The van der Waals surface area contributed by atoms with Gasteiger partial charge in [0.05, 0.1) is 29.8 Å². The van der Waals surface area contributed by atoms with Crippen LogP contribution >= 0.6 is 0 Å². The lowest BCUT2D eigenvalue weighted by atomic mass is 9.96. The Labute approximate surface area is 112 Å². The van der Waals surface area contributed by atoms with E-state index in [4.69, 9.17) is 4.74 Å². The van der Waals surface area contributed by atoms with Crippen molar-refractivity contribution in [1.82, 2.24) is 4.72 Å². The summed E-state index contributed by atoms with van der Waals surface area (Å²) in [6, 6.07) is 6.36. The highest BCUT2D eigenvalue weighted by atomic mass is 32.2. The topological polar surface area (TPSA) is 75.6 Å². The van der Waals surface area contributed by atoms with Gasteiger partial charge in [-0.05, 0) is 30.9 Å². The van der Waals surface area contributed by atoms with E-state index in [0.29, 0.717) is 5.56 Å². The zero-order valence-electron chi connectivity index (χ0n) is 10.5. The first-order valence-corrected chi connectivity index (χ1v) is 7.95. The van der Waals surface area contributed by atoms with Gasteiger partial charge in [-0.2, -0.15) is 0 Å². The van der Waals surface area contributed by atoms with Crippen molar-refractivity contribution >= 4 is 10.0 Å². The fraction of sp³-hybridized carbons (Fsp3) is 0.538. The summed E-state index contributed by atoms with van der Waals surface area (Å²) in [6.45, 7) is -0.287. The van der Waals surface area contributed by atoms with Crippen LogP contribution in [0.1, 0.15) is 24.8 Å². The maximum Gasteiger partial charge on any atom is 0.241 e. The van der Waals surface area contributed by atoms with Gasteiger partial charge in [0.25, 0.3) is 0 Å². The van der Waals surface area contributed by atoms with E-state index in [0.717, 1.165) is 19.3 Å². The molecule has 2 saturated heterocycles. The molecule has 3 rings (SSSR count). The van der Waals surface area contributed by atoms with Gasteiger partial charge < -0.3 is 9.84 Å². The van der Waals surface area contributed by atoms with Gasteiger partial charge in [0, 0.05) is 0 Å². The molecule has 2 fully saturated rings. The second-order valence-corrected chi connectivity index (χ2v) is 6.79. The molecule has 5 nitrogen and oxygen atoms in total. The molecular weight excluding hydrogens is 266 g/mol. The number of aliphatic hydroxyl groups is 1. The van der Waals surface area contributed by atoms with E-state index in [2.05, 4.69) is 4.72 Å². The van der Waals surface area contributed by atoms with Crippen LogP contribution in [0.25, 0.3) is 0 Å². The second kappa shape index (κ2) is 4.86. The number of hydrogen-bond acceptors (Lipinski definition) is 4. The summed E-state index contributed by atoms with van der Waals surface area (Å²) in [5.74, 6) is 0. The molecule has 0 aliphatic carbocycles. The van der Waals surface area contributed by atoms with Crippen LogP contribution in [0.4, 0.5) is 0 Å². The van der Waals surface area contributed by atoms with Crippen molar-refractivity contribution in [1.29, 1.82) is 0 Å². The van der Waals surface area contributed by atoms with E-state index in [9.17, 15) is 13.5 Å². The highest BCUT2D eigenvalue weighted by Crippen LogP contribution is 2.35. The minimum atomic E-state index is -3.60. The zero-order chi connectivity index (χ0) is 13.5. The van der Waals surface area contributed by atoms with Gasteiger partial charge in [0.15, 0.2) is 0 Å². The fourth-order valence-electron chi connectivity index (χ4n) is 2.92. The number of fused-ring (bicyclic) bond motifs is 2. The number of nitrogens with one attached hydrogen (secondary N) is 1. The highest BCUT2D eigenvalue weighted by Gasteiger charge is 2.42. The molecule has 2 aliphatic rings. The van der Waals surface area contributed by atoms with Gasteiger partial charge >= 0.3 is 0 Å². The Bertz CT molecular complexity index is 572. The summed E-state index contributed by atoms with van der Waals surface area (Å²) >= 11 is 0. The molecule has 0 amide bonds. The lowest BCUT2D eigenvalue weighted by Gasteiger charge is -2.20. The van der Waals surface area contributed by atoms with Crippen molar-refractivity contribution in [3.05, 3.63) is 29.8 Å². The third-order valence-electron chi connectivity index (χ3n) is 3.85. The van der Waals surface area contributed by atoms with Crippen LogP contribution < -0.4 is 4.72 Å². The lowest BCUT2D eigenvalue weighted by molar-refractivity contribution is 0.0996. The van der Waals surface area contributed by atoms with Crippen molar-refractivity contribution < 1.29 is 18.3 Å². The molecular formula is C13H17NO4S. The molecule has 2 heterocycles. The van der Waals surface area contributed by atoms with Crippen LogP contribution in [-0.4, -0.2) is 31.8 Å². The van der Waals surface area contributed by atoms with Gasteiger partial charge in [-0.15, -0.1) is 0 Å². The predicted molar refractivity (Wildman–Crippen MR) is 69.0 cm³/mol. The van der Waals surface area contributed by atoms with Crippen LogP contribution in [0.2, 0.25) is 0 Å². The highest BCUT2D eigenvalue weighted by molar-refractivity contribution is 7.89. The largest absolute Gasteiger partial charge is 0.392 e. The minimum absolute atomic E-state index is 0.000985. The van der Waals surface area contributed by atoms with Crippen LogP contribution in [0.15, 0.2) is 29.2 Å². The van der Waals surface area contributed by atoms with Gasteiger partial charge in [-0.25, -0.2) is 13.1 Å². The number of aliphatic hydroxyl groups excluding tert-OH is 1. The average molecular weight is 283 g/mol. The predicted octanol–water partition coefficient (Wildman–Crippen LogP) is 0.777. The lowest BCUT2D eigenvalue weighted by Crippen LogP contribution is -2.41. The Hall–Kier alpha value is -0.950. The molecule has 19 heavy (non-hydrogen) atoms. The first-order valence-electron chi connectivity index (χ1n) is 6.47. The van der Waals surface area contributed by atoms with E-state index in [1.807, 2.05) is 0 Å². The summed E-state index contributed by atoms with van der Waals surface area (Å²) in [5, 5.41) is 9.23. The third kappa shape index (κ3) is 2.41. The van der Waals surface area contributed by atoms with Crippen molar-refractivity contribution in [3.8, 4) is 0 Å². The Morgan fingerprint density at radius 3 is 2.74 bits per heavy atom. The first kappa shape index (κ1) is 13.1. The Morgan fingerprint density at radius 2 is 2.11 bits per heavy atom. The molecule has 2 aliphatic heterocycles. The van der Waals surface area contributed by atoms with Gasteiger partial charge in [0.1, 0.15) is 0 Å². The van der Waals surface area contributed by atoms with Crippen LogP contribution in [0.3, 0.4) is 0 Å². The molecule has 1 aromatic carbocycles. The molecule has 2 bridgehead atoms. The van der Waals surface area contributed by atoms with Crippen molar-refractivity contribution in [3.63, 3.8) is 0 Å². The smallest absolute Gasteiger partial charge is 0.241 e. The molecule has 1 aromatic rings. The zero-order valence-corrected chi connectivity index (χ0v) is 11.3. The maximum atomic E-state index is 12.4. The Morgan fingerprint density at radius 1 is 1.32 bits per heavy atom. The Balaban J connectivity index is 1.83. The number of benzene rings is 1. The maximum absolute atomic E-state index is 12.4. The molecule has 0 aromatic heterocycles. The van der Waals surface area contributed by atoms with Crippen LogP contribution in [0, 0.1) is 0 Å². The SMILES string of the molecule is O=S(=O)(NC1CC2CCC1O2)c1ccccc1CO. The monoisotopic (exact) mass is 283 g/mol. The quantitative estimate of drug-likeness (QED) is 0.856. The van der Waals surface area contributed by atoms with Crippen LogP contribution in [0.5, 0.6) is 0 Å². The number of rotatable bonds is 4.